The molecule has 0 aliphatic heterocycles. The maximum absolute atomic E-state index is 12.7. The number of rotatable bonds is 4. The molecule has 3 nitrogen and oxygen atoms in total. The summed E-state index contributed by atoms with van der Waals surface area (Å²) in [6, 6.07) is 12.5. The van der Waals surface area contributed by atoms with Gasteiger partial charge in [0.25, 0.3) is 0 Å². The summed E-state index contributed by atoms with van der Waals surface area (Å²) < 4.78 is 5.35. The summed E-state index contributed by atoms with van der Waals surface area (Å²) in [7, 11) is 1.58. The highest BCUT2D eigenvalue weighted by Gasteiger charge is 2.33. The van der Waals surface area contributed by atoms with Crippen molar-refractivity contribution in [3.8, 4) is 5.75 Å². The van der Waals surface area contributed by atoms with Gasteiger partial charge >= 0.3 is 0 Å². The Morgan fingerprint density at radius 2 is 1.64 bits per heavy atom. The second kappa shape index (κ2) is 6.59. The van der Waals surface area contributed by atoms with E-state index in [4.69, 9.17) is 27.9 Å². The van der Waals surface area contributed by atoms with Gasteiger partial charge in [0.05, 0.1) is 28.3 Å². The first kappa shape index (κ1) is 16.7. The number of anilines is 1. The second-order valence-electron chi connectivity index (χ2n) is 5.38. The number of carbonyl (C=O) groups excluding carboxylic acids is 1. The summed E-state index contributed by atoms with van der Waals surface area (Å²) in [5, 5.41) is 3.61. The van der Waals surface area contributed by atoms with E-state index < -0.39 is 5.41 Å². The van der Waals surface area contributed by atoms with E-state index in [2.05, 4.69) is 5.32 Å². The molecule has 1 amide bonds. The van der Waals surface area contributed by atoms with Crippen LogP contribution in [0.25, 0.3) is 0 Å². The molecule has 0 fully saturated rings. The predicted molar refractivity (Wildman–Crippen MR) is 91.1 cm³/mol. The van der Waals surface area contributed by atoms with Crippen molar-refractivity contribution >= 4 is 34.8 Å². The average molecular weight is 338 g/mol. The molecule has 2 aromatic rings. The zero-order chi connectivity index (χ0) is 16.3. The quantitative estimate of drug-likeness (QED) is 0.859. The molecule has 116 valence electrons. The summed E-state index contributed by atoms with van der Waals surface area (Å²) in [5.74, 6) is 0.444. The molecule has 0 spiro atoms. The summed E-state index contributed by atoms with van der Waals surface area (Å²) in [6.07, 6.45) is 0. The zero-order valence-electron chi connectivity index (χ0n) is 12.6. The Hall–Kier alpha value is -1.71. The minimum Gasteiger partial charge on any atom is -0.496 e. The molecule has 1 N–H and O–H groups in total. The highest BCUT2D eigenvalue weighted by Crippen LogP contribution is 2.35. The van der Waals surface area contributed by atoms with Crippen molar-refractivity contribution in [1.29, 1.82) is 0 Å². The molecule has 0 unspecified atom stereocenters. The minimum atomic E-state index is -0.810. The van der Waals surface area contributed by atoms with Gasteiger partial charge in [-0.1, -0.05) is 47.5 Å². The van der Waals surface area contributed by atoms with E-state index >= 15 is 0 Å². The first-order chi connectivity index (χ1) is 10.4. The van der Waals surface area contributed by atoms with Crippen LogP contribution < -0.4 is 10.1 Å². The number of nitrogens with one attached hydrogen (secondary N) is 1. The van der Waals surface area contributed by atoms with Crippen molar-refractivity contribution in [2.24, 2.45) is 0 Å². The van der Waals surface area contributed by atoms with Gasteiger partial charge in [-0.25, -0.2) is 0 Å². The normalized spacial score (nSPS) is 11.1. The summed E-state index contributed by atoms with van der Waals surface area (Å²) in [5.41, 5.74) is 0.395. The minimum absolute atomic E-state index is 0.216. The largest absolute Gasteiger partial charge is 0.496 e. The SMILES string of the molecule is COc1ccccc1C(C)(C)C(=O)Nc1c(Cl)cccc1Cl. The first-order valence-corrected chi connectivity index (χ1v) is 7.52. The van der Waals surface area contributed by atoms with Gasteiger partial charge in [-0.05, 0) is 32.0 Å². The molecule has 2 rings (SSSR count). The molecule has 0 atom stereocenters. The van der Waals surface area contributed by atoms with E-state index in [1.807, 2.05) is 38.1 Å². The molecule has 0 aromatic heterocycles. The van der Waals surface area contributed by atoms with Crippen LogP contribution in [0.15, 0.2) is 42.5 Å². The fraction of sp³-hybridized carbons (Fsp3) is 0.235. The highest BCUT2D eigenvalue weighted by atomic mass is 35.5. The molecule has 0 saturated heterocycles. The summed E-state index contributed by atoms with van der Waals surface area (Å²) >= 11 is 12.2. The van der Waals surface area contributed by atoms with E-state index in [-0.39, 0.29) is 5.91 Å². The van der Waals surface area contributed by atoms with Crippen LogP contribution >= 0.6 is 23.2 Å². The molecule has 0 aliphatic rings. The zero-order valence-corrected chi connectivity index (χ0v) is 14.1. The first-order valence-electron chi connectivity index (χ1n) is 6.77. The van der Waals surface area contributed by atoms with Crippen molar-refractivity contribution in [3.63, 3.8) is 0 Å². The third-order valence-electron chi connectivity index (χ3n) is 3.55. The molecule has 0 saturated carbocycles. The Labute approximate surface area is 140 Å². The number of halogens is 2. The fourth-order valence-corrected chi connectivity index (χ4v) is 2.66. The lowest BCUT2D eigenvalue weighted by atomic mass is 9.83. The number of amides is 1. The van der Waals surface area contributed by atoms with Crippen molar-refractivity contribution in [1.82, 2.24) is 0 Å². The highest BCUT2D eigenvalue weighted by molar-refractivity contribution is 6.39. The maximum Gasteiger partial charge on any atom is 0.234 e. The van der Waals surface area contributed by atoms with Gasteiger partial charge in [-0.15, -0.1) is 0 Å². The van der Waals surface area contributed by atoms with Crippen LogP contribution in [0, 0.1) is 0 Å². The summed E-state index contributed by atoms with van der Waals surface area (Å²) in [6.45, 7) is 3.65. The molecule has 2 aromatic carbocycles. The molecular weight excluding hydrogens is 321 g/mol. The Balaban J connectivity index is 2.35. The van der Waals surface area contributed by atoms with Crippen LogP contribution in [0.1, 0.15) is 19.4 Å². The van der Waals surface area contributed by atoms with Crippen LogP contribution in [0.2, 0.25) is 10.0 Å². The monoisotopic (exact) mass is 337 g/mol. The molecule has 22 heavy (non-hydrogen) atoms. The number of methoxy groups -OCH3 is 1. The van der Waals surface area contributed by atoms with E-state index in [1.54, 1.807) is 25.3 Å². The van der Waals surface area contributed by atoms with Crippen molar-refractivity contribution < 1.29 is 9.53 Å². The predicted octanol–water partition coefficient (Wildman–Crippen LogP) is 4.92. The Morgan fingerprint density at radius 3 is 2.23 bits per heavy atom. The van der Waals surface area contributed by atoms with Gasteiger partial charge < -0.3 is 10.1 Å². The van der Waals surface area contributed by atoms with Crippen molar-refractivity contribution in [2.75, 3.05) is 12.4 Å². The lowest BCUT2D eigenvalue weighted by Gasteiger charge is -2.26. The molecule has 0 bridgehead atoms. The lowest BCUT2D eigenvalue weighted by molar-refractivity contribution is -0.120. The third-order valence-corrected chi connectivity index (χ3v) is 4.18. The van der Waals surface area contributed by atoms with Crippen LogP contribution in [-0.4, -0.2) is 13.0 Å². The number of para-hydroxylation sites is 2. The average Bonchev–Trinajstić information content (AvgIpc) is 2.50. The van der Waals surface area contributed by atoms with Crippen LogP contribution in [0.5, 0.6) is 5.75 Å². The Bertz CT molecular complexity index is 679. The Kier molecular flexibility index (Phi) is 4.99. The molecule has 5 heteroatoms. The Morgan fingerprint density at radius 1 is 1.05 bits per heavy atom. The van der Waals surface area contributed by atoms with Crippen LogP contribution in [0.3, 0.4) is 0 Å². The fourth-order valence-electron chi connectivity index (χ4n) is 2.17. The van der Waals surface area contributed by atoms with E-state index in [0.717, 1.165) is 5.56 Å². The van der Waals surface area contributed by atoms with E-state index in [0.29, 0.717) is 21.5 Å². The van der Waals surface area contributed by atoms with Gasteiger partial charge in [0.15, 0.2) is 0 Å². The standard InChI is InChI=1S/C17H17Cl2NO2/c1-17(2,11-7-4-5-10-14(11)22-3)16(21)20-15-12(18)8-6-9-13(15)19/h4-10H,1-3H3,(H,20,21). The van der Waals surface area contributed by atoms with Gasteiger partial charge in [0, 0.05) is 5.56 Å². The third kappa shape index (κ3) is 3.21. The number of benzene rings is 2. The lowest BCUT2D eigenvalue weighted by Crippen LogP contribution is -2.35. The molecule has 0 heterocycles. The van der Waals surface area contributed by atoms with E-state index in [9.17, 15) is 4.79 Å². The molecule has 0 aliphatic carbocycles. The van der Waals surface area contributed by atoms with Crippen molar-refractivity contribution in [2.45, 2.75) is 19.3 Å². The van der Waals surface area contributed by atoms with E-state index in [1.165, 1.54) is 0 Å². The summed E-state index contributed by atoms with van der Waals surface area (Å²) in [4.78, 5) is 12.7. The number of hydrogen-bond acceptors (Lipinski definition) is 2. The van der Waals surface area contributed by atoms with Gasteiger partial charge in [-0.2, -0.15) is 0 Å². The number of ether oxygens (including phenoxy) is 1. The maximum atomic E-state index is 12.7. The molecular formula is C17H17Cl2NO2. The second-order valence-corrected chi connectivity index (χ2v) is 6.19. The van der Waals surface area contributed by atoms with Crippen molar-refractivity contribution in [3.05, 3.63) is 58.1 Å². The number of carbonyl (C=O) groups is 1. The topological polar surface area (TPSA) is 38.3 Å². The van der Waals surface area contributed by atoms with Crippen LogP contribution in [0.4, 0.5) is 5.69 Å². The number of hydrogen-bond donors (Lipinski definition) is 1. The smallest absolute Gasteiger partial charge is 0.234 e. The van der Waals surface area contributed by atoms with Gasteiger partial charge in [0.2, 0.25) is 5.91 Å². The van der Waals surface area contributed by atoms with Crippen LogP contribution in [-0.2, 0) is 10.2 Å². The van der Waals surface area contributed by atoms with Gasteiger partial charge in [0.1, 0.15) is 5.75 Å². The molecule has 0 radical (unpaired) electrons. The van der Waals surface area contributed by atoms with Gasteiger partial charge in [-0.3, -0.25) is 4.79 Å².